The molecule has 0 aliphatic carbocycles. The van der Waals surface area contributed by atoms with E-state index in [4.69, 9.17) is 9.84 Å². The molecule has 1 aromatic rings. The SMILES string of the molecule is CC(C)(C)OCCn1cncc1CO. The lowest BCUT2D eigenvalue weighted by molar-refractivity contribution is -0.00726. The second kappa shape index (κ2) is 4.57. The molecule has 0 saturated heterocycles. The van der Waals surface area contributed by atoms with Crippen LogP contribution in [0.2, 0.25) is 0 Å². The van der Waals surface area contributed by atoms with Gasteiger partial charge in [-0.15, -0.1) is 0 Å². The molecule has 1 N–H and O–H groups in total. The third-order valence-electron chi connectivity index (χ3n) is 1.83. The van der Waals surface area contributed by atoms with Crippen LogP contribution in [0.3, 0.4) is 0 Å². The summed E-state index contributed by atoms with van der Waals surface area (Å²) in [6.07, 6.45) is 3.37. The number of ether oxygens (including phenoxy) is 1. The Morgan fingerprint density at radius 1 is 1.50 bits per heavy atom. The Bertz CT molecular complexity index is 276. The minimum atomic E-state index is -0.111. The highest BCUT2D eigenvalue weighted by Crippen LogP contribution is 2.07. The van der Waals surface area contributed by atoms with Gasteiger partial charge in [-0.2, -0.15) is 0 Å². The first-order chi connectivity index (χ1) is 6.53. The largest absolute Gasteiger partial charge is 0.390 e. The van der Waals surface area contributed by atoms with E-state index in [1.165, 1.54) is 0 Å². The molecule has 1 rings (SSSR count). The first-order valence-electron chi connectivity index (χ1n) is 4.77. The van der Waals surface area contributed by atoms with Crippen LogP contribution in [-0.4, -0.2) is 26.9 Å². The number of hydrogen-bond acceptors (Lipinski definition) is 3. The summed E-state index contributed by atoms with van der Waals surface area (Å²) in [4.78, 5) is 3.96. The zero-order valence-electron chi connectivity index (χ0n) is 9.03. The van der Waals surface area contributed by atoms with E-state index < -0.39 is 0 Å². The fourth-order valence-corrected chi connectivity index (χ4v) is 1.13. The van der Waals surface area contributed by atoms with Gasteiger partial charge < -0.3 is 14.4 Å². The topological polar surface area (TPSA) is 47.3 Å². The first-order valence-corrected chi connectivity index (χ1v) is 4.77. The second-order valence-corrected chi connectivity index (χ2v) is 4.20. The van der Waals surface area contributed by atoms with E-state index in [2.05, 4.69) is 4.98 Å². The van der Waals surface area contributed by atoms with Crippen molar-refractivity contribution in [2.45, 2.75) is 39.5 Å². The Balaban J connectivity index is 2.38. The molecule has 0 bridgehead atoms. The maximum absolute atomic E-state index is 8.96. The summed E-state index contributed by atoms with van der Waals surface area (Å²) in [6.45, 7) is 7.45. The van der Waals surface area contributed by atoms with Crippen molar-refractivity contribution < 1.29 is 9.84 Å². The van der Waals surface area contributed by atoms with E-state index in [0.29, 0.717) is 6.61 Å². The molecule has 0 saturated carbocycles. The van der Waals surface area contributed by atoms with Crippen LogP contribution < -0.4 is 0 Å². The van der Waals surface area contributed by atoms with Crippen LogP contribution in [0.5, 0.6) is 0 Å². The number of aliphatic hydroxyl groups is 1. The molecular formula is C10H18N2O2. The van der Waals surface area contributed by atoms with E-state index >= 15 is 0 Å². The number of aliphatic hydroxyl groups excluding tert-OH is 1. The van der Waals surface area contributed by atoms with Crippen LogP contribution in [0.25, 0.3) is 0 Å². The summed E-state index contributed by atoms with van der Waals surface area (Å²) in [5.41, 5.74) is 0.711. The Morgan fingerprint density at radius 3 is 2.79 bits per heavy atom. The van der Waals surface area contributed by atoms with Crippen molar-refractivity contribution >= 4 is 0 Å². The van der Waals surface area contributed by atoms with Crippen LogP contribution in [0.15, 0.2) is 12.5 Å². The van der Waals surface area contributed by atoms with Gasteiger partial charge in [0.05, 0.1) is 37.0 Å². The Hall–Kier alpha value is -0.870. The van der Waals surface area contributed by atoms with E-state index in [1.807, 2.05) is 25.3 Å². The Morgan fingerprint density at radius 2 is 2.21 bits per heavy atom. The molecule has 1 aromatic heterocycles. The van der Waals surface area contributed by atoms with Gasteiger partial charge in [-0.1, -0.05) is 0 Å². The van der Waals surface area contributed by atoms with Crippen LogP contribution in [-0.2, 0) is 17.9 Å². The minimum absolute atomic E-state index is 0.0233. The predicted octanol–water partition coefficient (Wildman–Crippen LogP) is 1.19. The van der Waals surface area contributed by atoms with E-state index in [1.54, 1.807) is 12.5 Å². The molecular weight excluding hydrogens is 180 g/mol. The average molecular weight is 198 g/mol. The maximum Gasteiger partial charge on any atom is 0.0949 e. The van der Waals surface area contributed by atoms with E-state index in [0.717, 1.165) is 12.2 Å². The number of aromatic nitrogens is 2. The van der Waals surface area contributed by atoms with E-state index in [-0.39, 0.29) is 12.2 Å². The molecule has 4 heteroatoms. The highest BCUT2D eigenvalue weighted by atomic mass is 16.5. The summed E-state index contributed by atoms with van der Waals surface area (Å²) < 4.78 is 7.47. The van der Waals surface area contributed by atoms with Crippen molar-refractivity contribution in [1.29, 1.82) is 0 Å². The van der Waals surface area contributed by atoms with Crippen molar-refractivity contribution in [3.05, 3.63) is 18.2 Å². The quantitative estimate of drug-likeness (QED) is 0.790. The molecule has 0 aromatic carbocycles. The standard InChI is InChI=1S/C10H18N2O2/c1-10(2,3)14-5-4-12-8-11-6-9(12)7-13/h6,8,13H,4-5,7H2,1-3H3. The number of hydrogen-bond donors (Lipinski definition) is 1. The third kappa shape index (κ3) is 3.47. The smallest absolute Gasteiger partial charge is 0.0949 e. The molecule has 1 heterocycles. The van der Waals surface area contributed by atoms with Gasteiger partial charge in [0.2, 0.25) is 0 Å². The second-order valence-electron chi connectivity index (χ2n) is 4.20. The molecule has 0 fully saturated rings. The maximum atomic E-state index is 8.96. The summed E-state index contributed by atoms with van der Waals surface area (Å²) in [5.74, 6) is 0. The third-order valence-corrected chi connectivity index (χ3v) is 1.83. The number of nitrogens with zero attached hydrogens (tertiary/aromatic N) is 2. The van der Waals surface area contributed by atoms with Gasteiger partial charge in [-0.25, -0.2) is 4.98 Å². The summed E-state index contributed by atoms with van der Waals surface area (Å²) in [5, 5.41) is 8.96. The molecule has 0 aliphatic rings. The molecule has 0 spiro atoms. The molecule has 0 radical (unpaired) electrons. The molecule has 0 atom stereocenters. The highest BCUT2D eigenvalue weighted by Gasteiger charge is 2.09. The molecule has 0 aliphatic heterocycles. The van der Waals surface area contributed by atoms with Crippen molar-refractivity contribution in [1.82, 2.24) is 9.55 Å². The lowest BCUT2D eigenvalue weighted by Gasteiger charge is -2.19. The molecule has 14 heavy (non-hydrogen) atoms. The van der Waals surface area contributed by atoms with E-state index in [9.17, 15) is 0 Å². The zero-order valence-corrected chi connectivity index (χ0v) is 9.03. The summed E-state index contributed by atoms with van der Waals surface area (Å²) in [7, 11) is 0. The van der Waals surface area contributed by atoms with Gasteiger partial charge in [-0.05, 0) is 20.8 Å². The fraction of sp³-hybridized carbons (Fsp3) is 0.700. The Kier molecular flexibility index (Phi) is 3.66. The van der Waals surface area contributed by atoms with Gasteiger partial charge in [0.25, 0.3) is 0 Å². The van der Waals surface area contributed by atoms with Crippen molar-refractivity contribution in [2.75, 3.05) is 6.61 Å². The van der Waals surface area contributed by atoms with Gasteiger partial charge >= 0.3 is 0 Å². The van der Waals surface area contributed by atoms with Crippen LogP contribution in [0.4, 0.5) is 0 Å². The average Bonchev–Trinajstić information content (AvgIpc) is 2.49. The van der Waals surface area contributed by atoms with Gasteiger partial charge in [0.15, 0.2) is 0 Å². The summed E-state index contributed by atoms with van der Waals surface area (Å²) in [6, 6.07) is 0. The van der Waals surface area contributed by atoms with Gasteiger partial charge in [0, 0.05) is 6.54 Å². The van der Waals surface area contributed by atoms with Crippen LogP contribution in [0, 0.1) is 0 Å². The fourth-order valence-electron chi connectivity index (χ4n) is 1.13. The number of rotatable bonds is 4. The normalized spacial score (nSPS) is 12.0. The highest BCUT2D eigenvalue weighted by molar-refractivity contribution is 4.95. The zero-order chi connectivity index (χ0) is 10.6. The van der Waals surface area contributed by atoms with Crippen LogP contribution in [0.1, 0.15) is 26.5 Å². The van der Waals surface area contributed by atoms with Crippen LogP contribution >= 0.6 is 0 Å². The molecule has 0 amide bonds. The molecule has 80 valence electrons. The lowest BCUT2D eigenvalue weighted by Crippen LogP contribution is -2.22. The molecule has 0 unspecified atom stereocenters. The predicted molar refractivity (Wildman–Crippen MR) is 53.9 cm³/mol. The van der Waals surface area contributed by atoms with Crippen molar-refractivity contribution in [2.24, 2.45) is 0 Å². The van der Waals surface area contributed by atoms with Crippen molar-refractivity contribution in [3.8, 4) is 0 Å². The van der Waals surface area contributed by atoms with Gasteiger partial charge in [-0.3, -0.25) is 0 Å². The number of imidazole rings is 1. The first kappa shape index (κ1) is 11.2. The monoisotopic (exact) mass is 198 g/mol. The van der Waals surface area contributed by atoms with Gasteiger partial charge in [0.1, 0.15) is 0 Å². The Labute approximate surface area is 84.5 Å². The minimum Gasteiger partial charge on any atom is -0.390 e. The lowest BCUT2D eigenvalue weighted by atomic mass is 10.2. The van der Waals surface area contributed by atoms with Crippen molar-refractivity contribution in [3.63, 3.8) is 0 Å². The molecule has 4 nitrogen and oxygen atoms in total. The summed E-state index contributed by atoms with van der Waals surface area (Å²) >= 11 is 0.